The average Bonchev–Trinajstić information content (AvgIpc) is 3.06. The van der Waals surface area contributed by atoms with Crippen LogP contribution in [-0.4, -0.2) is 40.3 Å². The van der Waals surface area contributed by atoms with E-state index in [-0.39, 0.29) is 31.4 Å². The number of aromatic nitrogens is 2. The Balaban J connectivity index is 1.67. The van der Waals surface area contributed by atoms with Crippen LogP contribution in [0.1, 0.15) is 31.1 Å². The number of carbonyl (C=O) groups is 2. The van der Waals surface area contributed by atoms with Gasteiger partial charge in [-0.2, -0.15) is 0 Å². The molecule has 2 rings (SSSR count). The SMILES string of the molecule is O=C(O)CCNCC(=O)Nc1nnc(C2CC2)o1. The Morgan fingerprint density at radius 3 is 2.83 bits per heavy atom. The van der Waals surface area contributed by atoms with Crippen molar-refractivity contribution < 1.29 is 19.1 Å². The fraction of sp³-hybridized carbons (Fsp3) is 0.600. The Kier molecular flexibility index (Phi) is 3.88. The van der Waals surface area contributed by atoms with E-state index < -0.39 is 5.97 Å². The molecule has 1 heterocycles. The van der Waals surface area contributed by atoms with Gasteiger partial charge in [0.2, 0.25) is 11.8 Å². The van der Waals surface area contributed by atoms with Gasteiger partial charge in [-0.1, -0.05) is 5.10 Å². The Morgan fingerprint density at radius 1 is 1.39 bits per heavy atom. The first-order valence-electron chi connectivity index (χ1n) is 5.71. The molecular formula is C10H14N4O4. The average molecular weight is 254 g/mol. The summed E-state index contributed by atoms with van der Waals surface area (Å²) < 4.78 is 5.25. The first kappa shape index (κ1) is 12.5. The molecule has 1 aromatic heterocycles. The van der Waals surface area contributed by atoms with Crippen molar-refractivity contribution in [2.24, 2.45) is 0 Å². The van der Waals surface area contributed by atoms with Gasteiger partial charge < -0.3 is 14.8 Å². The minimum atomic E-state index is -0.908. The Labute approximate surface area is 103 Å². The number of carboxylic acids is 1. The molecule has 1 aromatic rings. The molecule has 1 amide bonds. The lowest BCUT2D eigenvalue weighted by molar-refractivity contribution is -0.137. The van der Waals surface area contributed by atoms with E-state index >= 15 is 0 Å². The number of hydrogen-bond acceptors (Lipinski definition) is 6. The van der Waals surface area contributed by atoms with E-state index in [4.69, 9.17) is 9.52 Å². The highest BCUT2D eigenvalue weighted by Crippen LogP contribution is 2.39. The topological polar surface area (TPSA) is 117 Å². The lowest BCUT2D eigenvalue weighted by Crippen LogP contribution is -2.29. The highest BCUT2D eigenvalue weighted by molar-refractivity contribution is 5.90. The summed E-state index contributed by atoms with van der Waals surface area (Å²) in [5.74, 6) is -0.346. The molecule has 0 spiro atoms. The zero-order valence-corrected chi connectivity index (χ0v) is 9.68. The largest absolute Gasteiger partial charge is 0.481 e. The van der Waals surface area contributed by atoms with Gasteiger partial charge in [-0.15, -0.1) is 5.10 Å². The summed E-state index contributed by atoms with van der Waals surface area (Å²) in [6, 6.07) is 0.0851. The van der Waals surface area contributed by atoms with Crippen LogP contribution in [0.3, 0.4) is 0 Å². The van der Waals surface area contributed by atoms with Crippen LogP contribution in [0, 0.1) is 0 Å². The van der Waals surface area contributed by atoms with E-state index in [1.807, 2.05) is 0 Å². The minimum Gasteiger partial charge on any atom is -0.481 e. The molecule has 1 saturated carbocycles. The lowest BCUT2D eigenvalue weighted by atomic mass is 10.4. The van der Waals surface area contributed by atoms with Gasteiger partial charge in [0.05, 0.1) is 13.0 Å². The number of rotatable bonds is 7. The second-order valence-electron chi connectivity index (χ2n) is 4.09. The third-order valence-corrected chi connectivity index (χ3v) is 2.41. The van der Waals surface area contributed by atoms with Crippen molar-refractivity contribution in [1.29, 1.82) is 0 Å². The number of carbonyl (C=O) groups excluding carboxylic acids is 1. The summed E-state index contributed by atoms with van der Waals surface area (Å²) in [4.78, 5) is 21.6. The molecule has 0 radical (unpaired) electrons. The van der Waals surface area contributed by atoms with Crippen LogP contribution in [-0.2, 0) is 9.59 Å². The number of carboxylic acid groups (broad SMARTS) is 1. The van der Waals surface area contributed by atoms with E-state index in [1.165, 1.54) is 0 Å². The van der Waals surface area contributed by atoms with Crippen LogP contribution in [0.25, 0.3) is 0 Å². The van der Waals surface area contributed by atoms with Crippen LogP contribution in [0.15, 0.2) is 4.42 Å². The summed E-state index contributed by atoms with van der Waals surface area (Å²) in [6.45, 7) is 0.244. The van der Waals surface area contributed by atoms with Gasteiger partial charge in [-0.05, 0) is 12.8 Å². The maximum Gasteiger partial charge on any atom is 0.322 e. The third-order valence-electron chi connectivity index (χ3n) is 2.41. The van der Waals surface area contributed by atoms with E-state index in [9.17, 15) is 9.59 Å². The summed E-state index contributed by atoms with van der Waals surface area (Å²) in [5.41, 5.74) is 0. The Bertz CT molecular complexity index is 441. The maximum absolute atomic E-state index is 11.4. The summed E-state index contributed by atoms with van der Waals surface area (Å²) in [6.07, 6.45) is 2.07. The third kappa shape index (κ3) is 3.81. The second kappa shape index (κ2) is 5.58. The van der Waals surface area contributed by atoms with Crippen molar-refractivity contribution in [3.63, 3.8) is 0 Å². The summed E-state index contributed by atoms with van der Waals surface area (Å²) in [5, 5.41) is 21.1. The van der Waals surface area contributed by atoms with Gasteiger partial charge in [0.1, 0.15) is 0 Å². The second-order valence-corrected chi connectivity index (χ2v) is 4.09. The Hall–Kier alpha value is -1.96. The molecule has 1 aliphatic carbocycles. The molecular weight excluding hydrogens is 240 g/mol. The van der Waals surface area contributed by atoms with E-state index in [2.05, 4.69) is 20.8 Å². The van der Waals surface area contributed by atoms with Crippen LogP contribution in [0.4, 0.5) is 6.01 Å². The predicted octanol–water partition coefficient (Wildman–Crippen LogP) is -0.0502. The van der Waals surface area contributed by atoms with Crippen molar-refractivity contribution in [3.8, 4) is 0 Å². The van der Waals surface area contributed by atoms with Crippen molar-refractivity contribution >= 4 is 17.9 Å². The number of hydrogen-bond donors (Lipinski definition) is 3. The van der Waals surface area contributed by atoms with Gasteiger partial charge in [-0.25, -0.2) is 0 Å². The maximum atomic E-state index is 11.4. The number of nitrogens with zero attached hydrogens (tertiary/aromatic N) is 2. The molecule has 0 aromatic carbocycles. The molecule has 18 heavy (non-hydrogen) atoms. The minimum absolute atomic E-state index is 0.00836. The predicted molar refractivity (Wildman–Crippen MR) is 60.0 cm³/mol. The first-order valence-corrected chi connectivity index (χ1v) is 5.71. The number of amides is 1. The number of anilines is 1. The van der Waals surface area contributed by atoms with Gasteiger partial charge in [0.15, 0.2) is 0 Å². The summed E-state index contributed by atoms with van der Waals surface area (Å²) >= 11 is 0. The quantitative estimate of drug-likeness (QED) is 0.584. The highest BCUT2D eigenvalue weighted by Gasteiger charge is 2.29. The van der Waals surface area contributed by atoms with E-state index in [1.54, 1.807) is 0 Å². The summed E-state index contributed by atoms with van der Waals surface area (Å²) in [7, 11) is 0. The lowest BCUT2D eigenvalue weighted by Gasteiger charge is -2.01. The molecule has 0 saturated heterocycles. The van der Waals surface area contributed by atoms with Crippen molar-refractivity contribution in [2.75, 3.05) is 18.4 Å². The molecule has 1 fully saturated rings. The number of aliphatic carboxylic acids is 1. The van der Waals surface area contributed by atoms with Crippen molar-refractivity contribution in [1.82, 2.24) is 15.5 Å². The fourth-order valence-corrected chi connectivity index (χ4v) is 1.34. The zero-order valence-electron chi connectivity index (χ0n) is 9.68. The Morgan fingerprint density at radius 2 is 2.17 bits per heavy atom. The van der Waals surface area contributed by atoms with Crippen LogP contribution < -0.4 is 10.6 Å². The standard InChI is InChI=1S/C10H14N4O4/c15-7(5-11-4-3-8(16)17)12-10-14-13-9(18-10)6-1-2-6/h6,11H,1-5H2,(H,16,17)(H,12,14,15). The van der Waals surface area contributed by atoms with Crippen LogP contribution in [0.2, 0.25) is 0 Å². The smallest absolute Gasteiger partial charge is 0.322 e. The van der Waals surface area contributed by atoms with E-state index in [0.29, 0.717) is 11.8 Å². The fourth-order valence-electron chi connectivity index (χ4n) is 1.34. The van der Waals surface area contributed by atoms with Crippen LogP contribution in [0.5, 0.6) is 0 Å². The molecule has 0 aliphatic heterocycles. The number of nitrogens with one attached hydrogen (secondary N) is 2. The van der Waals surface area contributed by atoms with Crippen molar-refractivity contribution in [2.45, 2.75) is 25.2 Å². The molecule has 3 N–H and O–H groups in total. The highest BCUT2D eigenvalue weighted by atomic mass is 16.4. The molecule has 1 aliphatic rings. The molecule has 0 unspecified atom stereocenters. The molecule has 0 atom stereocenters. The van der Waals surface area contributed by atoms with Gasteiger partial charge in [-0.3, -0.25) is 14.9 Å². The van der Waals surface area contributed by atoms with Gasteiger partial charge in [0.25, 0.3) is 0 Å². The zero-order chi connectivity index (χ0) is 13.0. The van der Waals surface area contributed by atoms with Crippen LogP contribution >= 0.6 is 0 Å². The molecule has 8 heteroatoms. The molecule has 0 bridgehead atoms. The van der Waals surface area contributed by atoms with Crippen molar-refractivity contribution in [3.05, 3.63) is 5.89 Å². The first-order chi connectivity index (χ1) is 8.65. The molecule has 98 valence electrons. The van der Waals surface area contributed by atoms with E-state index in [0.717, 1.165) is 12.8 Å². The van der Waals surface area contributed by atoms with Gasteiger partial charge in [0, 0.05) is 12.5 Å². The normalized spacial score (nSPS) is 14.4. The van der Waals surface area contributed by atoms with Gasteiger partial charge >= 0.3 is 12.0 Å². The molecule has 8 nitrogen and oxygen atoms in total. The monoisotopic (exact) mass is 254 g/mol.